The van der Waals surface area contributed by atoms with Crippen molar-refractivity contribution in [2.45, 2.75) is 78.7 Å². The van der Waals surface area contributed by atoms with Crippen LogP contribution < -0.4 is 0 Å². The van der Waals surface area contributed by atoms with E-state index >= 15 is 0 Å². The minimum absolute atomic E-state index is 0.0160. The molecule has 0 aliphatic heterocycles. The molecule has 152 valence electrons. The lowest BCUT2D eigenvalue weighted by atomic mass is 9.47. The Labute approximate surface area is 167 Å². The van der Waals surface area contributed by atoms with Gasteiger partial charge in [0.15, 0.2) is 17.2 Å². The maximum Gasteiger partial charge on any atom is 0.303 e. The lowest BCUT2D eigenvalue weighted by molar-refractivity contribution is -0.185. The molecule has 0 radical (unpaired) electrons. The van der Waals surface area contributed by atoms with Gasteiger partial charge >= 0.3 is 5.97 Å². The molecular formula is C24H32O4. The summed E-state index contributed by atoms with van der Waals surface area (Å²) in [6.45, 7) is 9.63. The zero-order valence-corrected chi connectivity index (χ0v) is 17.8. The maximum absolute atomic E-state index is 12.8. The van der Waals surface area contributed by atoms with Gasteiger partial charge in [0.1, 0.15) is 0 Å². The Balaban J connectivity index is 1.79. The van der Waals surface area contributed by atoms with Crippen LogP contribution in [0.1, 0.15) is 73.1 Å². The number of hydrogen-bond acceptors (Lipinski definition) is 4. The van der Waals surface area contributed by atoms with Gasteiger partial charge in [-0.05, 0) is 80.8 Å². The molecule has 0 aromatic carbocycles. The lowest BCUT2D eigenvalue weighted by Gasteiger charge is -2.58. The number of fused-ring (bicyclic) bond motifs is 5. The molecule has 4 aliphatic rings. The predicted octanol–water partition coefficient (Wildman–Crippen LogP) is 4.58. The Morgan fingerprint density at radius 1 is 1.07 bits per heavy atom. The van der Waals surface area contributed by atoms with Gasteiger partial charge < -0.3 is 4.74 Å². The molecule has 2 saturated carbocycles. The van der Waals surface area contributed by atoms with Crippen molar-refractivity contribution in [2.24, 2.45) is 28.6 Å². The summed E-state index contributed by atoms with van der Waals surface area (Å²) in [7, 11) is 0. The highest BCUT2D eigenvalue weighted by Gasteiger charge is 2.67. The van der Waals surface area contributed by atoms with Crippen molar-refractivity contribution < 1.29 is 19.1 Å². The van der Waals surface area contributed by atoms with Gasteiger partial charge in [-0.1, -0.05) is 25.5 Å². The standard InChI is InChI=1S/C24H32O4/c1-14-12-18-19(22(4)9-6-17(27)13-21(14)22)7-10-23(5)20(18)8-11-24(23,15(2)25)28-16(3)26/h12-13,18-20H,6-11H2,1-5H3/t18-,19+,20+,22-,23+,24+/m1/s1/i16+1. The first-order valence-electron chi connectivity index (χ1n) is 10.7. The minimum Gasteiger partial charge on any atom is -0.451 e. The summed E-state index contributed by atoms with van der Waals surface area (Å²) in [5, 5.41) is 0. The van der Waals surface area contributed by atoms with Gasteiger partial charge in [-0.15, -0.1) is 0 Å². The molecule has 0 bridgehead atoms. The molecule has 0 N–H and O–H groups in total. The van der Waals surface area contributed by atoms with Gasteiger partial charge in [0.05, 0.1) is 0 Å². The summed E-state index contributed by atoms with van der Waals surface area (Å²) in [5.74, 6) is 1.03. The van der Waals surface area contributed by atoms with E-state index in [-0.39, 0.29) is 28.4 Å². The molecule has 4 nitrogen and oxygen atoms in total. The van der Waals surface area contributed by atoms with E-state index in [0.717, 1.165) is 25.7 Å². The molecule has 0 saturated heterocycles. The first kappa shape index (κ1) is 19.6. The van der Waals surface area contributed by atoms with Crippen molar-refractivity contribution in [3.63, 3.8) is 0 Å². The molecule has 28 heavy (non-hydrogen) atoms. The Bertz CT molecular complexity index is 820. The van der Waals surface area contributed by atoms with E-state index in [1.165, 1.54) is 18.1 Å². The fourth-order valence-corrected chi connectivity index (χ4v) is 7.48. The molecule has 4 rings (SSSR count). The molecule has 4 heteroatoms. The Morgan fingerprint density at radius 3 is 2.39 bits per heavy atom. The number of Topliss-reactive ketones (excluding diaryl/α,β-unsaturated/α-hetero) is 1. The van der Waals surface area contributed by atoms with Gasteiger partial charge in [-0.2, -0.15) is 0 Å². The molecule has 0 amide bonds. The van der Waals surface area contributed by atoms with Crippen LogP contribution in [0.2, 0.25) is 0 Å². The number of esters is 1. The lowest BCUT2D eigenvalue weighted by Crippen LogP contribution is -2.58. The number of ketones is 2. The topological polar surface area (TPSA) is 60.4 Å². The number of carbonyl (C=O) groups excluding carboxylic acids is 3. The van der Waals surface area contributed by atoms with E-state index in [2.05, 4.69) is 26.8 Å². The van der Waals surface area contributed by atoms with Crippen LogP contribution in [0.5, 0.6) is 0 Å². The van der Waals surface area contributed by atoms with Crippen LogP contribution >= 0.6 is 0 Å². The highest BCUT2D eigenvalue weighted by Crippen LogP contribution is 2.67. The zero-order chi connectivity index (χ0) is 20.5. The van der Waals surface area contributed by atoms with E-state index in [0.29, 0.717) is 30.6 Å². The molecule has 0 spiro atoms. The predicted molar refractivity (Wildman–Crippen MR) is 106 cm³/mol. The van der Waals surface area contributed by atoms with E-state index in [1.807, 2.05) is 6.08 Å². The highest BCUT2D eigenvalue weighted by atomic mass is 16.6. The van der Waals surface area contributed by atoms with Gasteiger partial charge in [-0.3, -0.25) is 14.4 Å². The van der Waals surface area contributed by atoms with Gasteiger partial charge in [-0.25, -0.2) is 0 Å². The second-order valence-corrected chi connectivity index (χ2v) is 10.1. The molecular weight excluding hydrogens is 353 g/mol. The molecule has 0 unspecified atom stereocenters. The van der Waals surface area contributed by atoms with Gasteiger partial charge in [0.25, 0.3) is 0 Å². The second-order valence-electron chi connectivity index (χ2n) is 10.1. The molecule has 0 aromatic rings. The molecule has 2 fully saturated rings. The van der Waals surface area contributed by atoms with Gasteiger partial charge in [0.2, 0.25) is 0 Å². The third-order valence-electron chi connectivity index (χ3n) is 8.84. The number of ether oxygens (including phenoxy) is 1. The Kier molecular flexibility index (Phi) is 4.30. The smallest absolute Gasteiger partial charge is 0.303 e. The van der Waals surface area contributed by atoms with Crippen molar-refractivity contribution in [1.82, 2.24) is 0 Å². The van der Waals surface area contributed by atoms with Crippen LogP contribution in [0.15, 0.2) is 23.3 Å². The fourth-order valence-electron chi connectivity index (χ4n) is 7.48. The van der Waals surface area contributed by atoms with Crippen molar-refractivity contribution in [1.29, 1.82) is 0 Å². The first-order valence-corrected chi connectivity index (χ1v) is 10.7. The van der Waals surface area contributed by atoms with Crippen LogP contribution in [0.3, 0.4) is 0 Å². The third kappa shape index (κ3) is 2.39. The summed E-state index contributed by atoms with van der Waals surface area (Å²) in [6.07, 6.45) is 9.20. The van der Waals surface area contributed by atoms with Crippen molar-refractivity contribution >= 4 is 17.5 Å². The largest absolute Gasteiger partial charge is 0.451 e. The summed E-state index contributed by atoms with van der Waals surface area (Å²) in [6, 6.07) is 0. The molecule has 4 aliphatic carbocycles. The molecule has 0 aromatic heterocycles. The van der Waals surface area contributed by atoms with Crippen LogP contribution in [0, 0.1) is 28.6 Å². The number of carbonyl (C=O) groups is 3. The molecule has 0 heterocycles. The second kappa shape index (κ2) is 6.14. The average molecular weight is 386 g/mol. The Hall–Kier alpha value is -1.71. The number of allylic oxidation sites excluding steroid dienone is 4. The monoisotopic (exact) mass is 385 g/mol. The Morgan fingerprint density at radius 2 is 1.75 bits per heavy atom. The summed E-state index contributed by atoms with van der Waals surface area (Å²) < 4.78 is 5.82. The normalized spacial score (nSPS) is 44.6. The van der Waals surface area contributed by atoms with Crippen LogP contribution in [0.4, 0.5) is 0 Å². The highest BCUT2D eigenvalue weighted by molar-refractivity contribution is 5.92. The third-order valence-corrected chi connectivity index (χ3v) is 8.84. The molecule has 6 atom stereocenters. The van der Waals surface area contributed by atoms with E-state index in [4.69, 9.17) is 4.74 Å². The van der Waals surface area contributed by atoms with E-state index in [1.54, 1.807) is 6.92 Å². The van der Waals surface area contributed by atoms with Gasteiger partial charge in [0, 0.05) is 18.8 Å². The summed E-state index contributed by atoms with van der Waals surface area (Å²) in [4.78, 5) is 36.8. The SMILES string of the molecule is CC(=O)[C@@]1(O[13C](C)=O)CC[C@H]2[C@@H]3C=C(C)C4=CC(=O)CC[C@]4(C)[C@H]3CC[C@@]21C. The first-order chi connectivity index (χ1) is 13.0. The fraction of sp³-hybridized carbons (Fsp3) is 0.708. The zero-order valence-electron chi connectivity index (χ0n) is 17.8. The summed E-state index contributed by atoms with van der Waals surface area (Å²) >= 11 is 0. The maximum atomic E-state index is 12.8. The minimum atomic E-state index is -0.990. The number of hydrogen-bond donors (Lipinski definition) is 0. The van der Waals surface area contributed by atoms with E-state index < -0.39 is 5.60 Å². The summed E-state index contributed by atoms with van der Waals surface area (Å²) in [5.41, 5.74) is 1.15. The van der Waals surface area contributed by atoms with E-state index in [9.17, 15) is 14.4 Å². The van der Waals surface area contributed by atoms with Crippen molar-refractivity contribution in [2.75, 3.05) is 0 Å². The average Bonchev–Trinajstić information content (AvgIpc) is 2.90. The van der Waals surface area contributed by atoms with Crippen molar-refractivity contribution in [3.8, 4) is 0 Å². The quantitative estimate of drug-likeness (QED) is 0.516. The van der Waals surface area contributed by atoms with Crippen LogP contribution in [-0.2, 0) is 19.1 Å². The van der Waals surface area contributed by atoms with Crippen LogP contribution in [-0.4, -0.2) is 23.1 Å². The number of rotatable bonds is 2. The van der Waals surface area contributed by atoms with Crippen LogP contribution in [0.25, 0.3) is 0 Å². The van der Waals surface area contributed by atoms with Crippen molar-refractivity contribution in [3.05, 3.63) is 23.3 Å².